The van der Waals surface area contributed by atoms with Crippen molar-refractivity contribution in [1.29, 1.82) is 0 Å². The number of nitrogens with one attached hydrogen (secondary N) is 2. The van der Waals surface area contributed by atoms with Gasteiger partial charge >= 0.3 is 5.69 Å². The molecule has 0 aliphatic rings. The van der Waals surface area contributed by atoms with E-state index in [9.17, 15) is 14.7 Å². The van der Waals surface area contributed by atoms with Gasteiger partial charge < -0.3 is 9.84 Å². The number of hydrogen-bond donors (Lipinski definition) is 3. The van der Waals surface area contributed by atoms with Gasteiger partial charge in [0.15, 0.2) is 0 Å². The Morgan fingerprint density at radius 1 is 1.23 bits per heavy atom. The molecule has 0 unspecified atom stereocenters. The van der Waals surface area contributed by atoms with Crippen LogP contribution in [0.5, 0.6) is 11.6 Å². The standard InChI is InChI=1S/C17H17N5O4/c1-9-14(10(2)21-20-9)18-8-13-15(23)19-17(25)22(16(13)24)11-4-6-12(26-3)7-5-11/h4-8,24H,1-3H3,(H,20,21)(H,19,23,25). The van der Waals surface area contributed by atoms with Crippen LogP contribution in [-0.2, 0) is 0 Å². The van der Waals surface area contributed by atoms with Gasteiger partial charge in [-0.25, -0.2) is 9.36 Å². The van der Waals surface area contributed by atoms with E-state index in [1.807, 2.05) is 0 Å². The zero-order valence-corrected chi connectivity index (χ0v) is 14.4. The summed E-state index contributed by atoms with van der Waals surface area (Å²) < 4.78 is 6.06. The molecule has 0 aliphatic heterocycles. The van der Waals surface area contributed by atoms with Crippen molar-refractivity contribution in [2.45, 2.75) is 13.8 Å². The van der Waals surface area contributed by atoms with Crippen molar-refractivity contribution in [3.05, 3.63) is 62.1 Å². The van der Waals surface area contributed by atoms with Crippen molar-refractivity contribution < 1.29 is 9.84 Å². The summed E-state index contributed by atoms with van der Waals surface area (Å²) in [6.45, 7) is 3.55. The molecule has 3 rings (SSSR count). The molecule has 2 aromatic heterocycles. The molecule has 26 heavy (non-hydrogen) atoms. The van der Waals surface area contributed by atoms with Gasteiger partial charge in [0.1, 0.15) is 17.0 Å². The largest absolute Gasteiger partial charge is 0.497 e. The molecule has 0 atom stereocenters. The third-order valence-corrected chi connectivity index (χ3v) is 3.86. The number of ether oxygens (including phenoxy) is 1. The van der Waals surface area contributed by atoms with Crippen LogP contribution in [0, 0.1) is 13.8 Å². The molecule has 2 heterocycles. The quantitative estimate of drug-likeness (QED) is 0.609. The van der Waals surface area contributed by atoms with Crippen molar-refractivity contribution in [3.8, 4) is 17.3 Å². The number of hydrogen-bond acceptors (Lipinski definition) is 6. The highest BCUT2D eigenvalue weighted by Gasteiger charge is 2.15. The first kappa shape index (κ1) is 17.2. The highest BCUT2D eigenvalue weighted by atomic mass is 16.5. The minimum atomic E-state index is -0.759. The SMILES string of the molecule is COc1ccc(-n2c(O)c(C=Nc3c(C)n[nH]c3C)c(=O)[nH]c2=O)cc1. The van der Waals surface area contributed by atoms with Gasteiger partial charge in [-0.1, -0.05) is 0 Å². The van der Waals surface area contributed by atoms with E-state index < -0.39 is 17.1 Å². The second-order valence-corrected chi connectivity index (χ2v) is 5.57. The number of aliphatic imine (C=N–C) groups is 1. The minimum Gasteiger partial charge on any atom is -0.497 e. The lowest BCUT2D eigenvalue weighted by atomic mass is 10.2. The lowest BCUT2D eigenvalue weighted by Gasteiger charge is -2.10. The van der Waals surface area contributed by atoms with Gasteiger partial charge in [-0.15, -0.1) is 0 Å². The Hall–Kier alpha value is -3.62. The van der Waals surface area contributed by atoms with E-state index in [0.717, 1.165) is 10.3 Å². The molecule has 0 aliphatic carbocycles. The highest BCUT2D eigenvalue weighted by Crippen LogP contribution is 2.22. The minimum absolute atomic E-state index is 0.139. The molecule has 1 aromatic carbocycles. The molecule has 9 nitrogen and oxygen atoms in total. The number of H-pyrrole nitrogens is 2. The maximum atomic E-state index is 12.2. The van der Waals surface area contributed by atoms with Crippen molar-refractivity contribution in [1.82, 2.24) is 19.7 Å². The average Bonchev–Trinajstić information content (AvgIpc) is 2.93. The molecular formula is C17H17N5O4. The fourth-order valence-corrected chi connectivity index (χ4v) is 2.49. The normalized spacial score (nSPS) is 11.2. The number of benzene rings is 1. The molecule has 0 spiro atoms. The van der Waals surface area contributed by atoms with Crippen LogP contribution in [0.25, 0.3) is 5.69 Å². The summed E-state index contributed by atoms with van der Waals surface area (Å²) in [4.78, 5) is 30.7. The lowest BCUT2D eigenvalue weighted by molar-refractivity contribution is 0.414. The molecule has 0 saturated heterocycles. The average molecular weight is 355 g/mol. The topological polar surface area (TPSA) is 125 Å². The van der Waals surface area contributed by atoms with Gasteiger partial charge in [0, 0.05) is 6.21 Å². The Morgan fingerprint density at radius 3 is 2.50 bits per heavy atom. The van der Waals surface area contributed by atoms with E-state index in [2.05, 4.69) is 20.2 Å². The smallest absolute Gasteiger partial charge is 0.335 e. The molecule has 134 valence electrons. The number of aromatic hydroxyl groups is 1. The van der Waals surface area contributed by atoms with E-state index in [1.54, 1.807) is 38.1 Å². The molecule has 0 fully saturated rings. The zero-order chi connectivity index (χ0) is 18.8. The summed E-state index contributed by atoms with van der Waals surface area (Å²) in [5, 5.41) is 17.3. The van der Waals surface area contributed by atoms with Gasteiger partial charge in [-0.3, -0.25) is 19.9 Å². The number of aromatic amines is 2. The Morgan fingerprint density at radius 2 is 1.92 bits per heavy atom. The fourth-order valence-electron chi connectivity index (χ4n) is 2.49. The van der Waals surface area contributed by atoms with Gasteiger partial charge in [0.2, 0.25) is 5.88 Å². The van der Waals surface area contributed by atoms with Crippen molar-refractivity contribution >= 4 is 11.9 Å². The number of methoxy groups -OCH3 is 1. The summed E-state index contributed by atoms with van der Waals surface area (Å²) in [7, 11) is 1.52. The number of nitrogens with zero attached hydrogens (tertiary/aromatic N) is 3. The Bertz CT molecular complexity index is 1070. The number of aryl methyl sites for hydroxylation is 2. The molecule has 0 saturated carbocycles. The molecule has 0 radical (unpaired) electrons. The lowest BCUT2D eigenvalue weighted by Crippen LogP contribution is -2.31. The Kier molecular flexibility index (Phi) is 4.44. The van der Waals surface area contributed by atoms with E-state index in [0.29, 0.717) is 22.8 Å². The van der Waals surface area contributed by atoms with Crippen LogP contribution in [0.3, 0.4) is 0 Å². The van der Waals surface area contributed by atoms with Crippen LogP contribution in [0.2, 0.25) is 0 Å². The maximum absolute atomic E-state index is 12.2. The predicted molar refractivity (Wildman–Crippen MR) is 96.2 cm³/mol. The monoisotopic (exact) mass is 355 g/mol. The molecule has 0 amide bonds. The molecule has 0 bridgehead atoms. The van der Waals surface area contributed by atoms with Crippen LogP contribution >= 0.6 is 0 Å². The van der Waals surface area contributed by atoms with E-state index >= 15 is 0 Å². The van der Waals surface area contributed by atoms with E-state index in [4.69, 9.17) is 4.74 Å². The van der Waals surface area contributed by atoms with E-state index in [-0.39, 0.29) is 5.56 Å². The number of aromatic nitrogens is 4. The summed E-state index contributed by atoms with van der Waals surface area (Å²) in [6, 6.07) is 6.45. The third-order valence-electron chi connectivity index (χ3n) is 3.86. The molecular weight excluding hydrogens is 338 g/mol. The van der Waals surface area contributed by atoms with Crippen molar-refractivity contribution in [2.24, 2.45) is 4.99 Å². The second-order valence-electron chi connectivity index (χ2n) is 5.57. The van der Waals surface area contributed by atoms with E-state index in [1.165, 1.54) is 13.3 Å². The Balaban J connectivity index is 2.12. The van der Waals surface area contributed by atoms with Gasteiger partial charge in [0.25, 0.3) is 5.56 Å². The Labute approximate surface area is 147 Å². The predicted octanol–water partition coefficient (Wildman–Crippen LogP) is 1.33. The number of rotatable bonds is 4. The molecule has 3 N–H and O–H groups in total. The summed E-state index contributed by atoms with van der Waals surface area (Å²) in [5.41, 5.74) is 0.669. The second kappa shape index (κ2) is 6.71. The van der Waals surface area contributed by atoms with Crippen molar-refractivity contribution in [3.63, 3.8) is 0 Å². The van der Waals surface area contributed by atoms with Gasteiger partial charge in [-0.2, -0.15) is 5.10 Å². The van der Waals surface area contributed by atoms with Crippen molar-refractivity contribution in [2.75, 3.05) is 7.11 Å². The third kappa shape index (κ3) is 3.02. The first-order valence-electron chi connectivity index (χ1n) is 7.70. The van der Waals surface area contributed by atoms with Crippen LogP contribution in [-0.4, -0.2) is 38.2 Å². The van der Waals surface area contributed by atoms with Gasteiger partial charge in [0.05, 0.1) is 24.2 Å². The fraction of sp³-hybridized carbons (Fsp3) is 0.176. The summed E-state index contributed by atoms with van der Waals surface area (Å²) in [5.74, 6) is 0.0878. The van der Waals surface area contributed by atoms with Crippen LogP contribution in [0.4, 0.5) is 5.69 Å². The zero-order valence-electron chi connectivity index (χ0n) is 14.4. The highest BCUT2D eigenvalue weighted by molar-refractivity contribution is 5.84. The summed E-state index contributed by atoms with van der Waals surface area (Å²) in [6.07, 6.45) is 1.21. The molecule has 9 heteroatoms. The van der Waals surface area contributed by atoms with Crippen LogP contribution < -0.4 is 16.0 Å². The maximum Gasteiger partial charge on any atom is 0.335 e. The summed E-state index contributed by atoms with van der Waals surface area (Å²) >= 11 is 0. The molecule has 3 aromatic rings. The van der Waals surface area contributed by atoms with Crippen LogP contribution in [0.15, 0.2) is 38.8 Å². The van der Waals surface area contributed by atoms with Gasteiger partial charge in [-0.05, 0) is 38.1 Å². The van der Waals surface area contributed by atoms with Crippen LogP contribution in [0.1, 0.15) is 17.0 Å². The first-order chi connectivity index (χ1) is 12.4. The first-order valence-corrected chi connectivity index (χ1v) is 7.70.